The average Bonchev–Trinajstić information content (AvgIpc) is 3.22. The number of carbonyl (C=O) groups is 2. The number of hydrogen-bond donors (Lipinski definition) is 0. The smallest absolute Gasteiger partial charge is 0.312 e. The number of fused-ring (bicyclic) bond motifs is 7. The van der Waals surface area contributed by atoms with Gasteiger partial charge >= 0.3 is 5.97 Å². The van der Waals surface area contributed by atoms with E-state index >= 15 is 0 Å². The Hall–Kier alpha value is -1.89. The summed E-state index contributed by atoms with van der Waals surface area (Å²) >= 11 is 0. The summed E-state index contributed by atoms with van der Waals surface area (Å²) in [6, 6.07) is 2.26. The van der Waals surface area contributed by atoms with Gasteiger partial charge in [0.2, 0.25) is 0 Å². The van der Waals surface area contributed by atoms with Crippen molar-refractivity contribution in [3.8, 4) is 6.07 Å². The number of esters is 1. The highest BCUT2D eigenvalue weighted by atomic mass is 16.5. The molecule has 5 rings (SSSR count). The standard InChI is InChI=1S/C32H45NO3/c1-19(2)21-11-14-32(27(35)36-8)16-15-30(6)22(25(21)32)9-10-24-29(5)17-20(18-33)26(34)28(3,4)23(29)12-13-31(24,30)7/h17,21-25H,1,9-16H2,2-8H3/t21-,22?,23-,24+,25+,29-,30+,31+,32-/m0/s1. The third-order valence-electron chi connectivity index (χ3n) is 13.1. The molecule has 0 bridgehead atoms. The number of nitriles is 1. The molecule has 0 amide bonds. The molecule has 36 heavy (non-hydrogen) atoms. The zero-order valence-electron chi connectivity index (χ0n) is 23.5. The van der Waals surface area contributed by atoms with Gasteiger partial charge in [-0.15, -0.1) is 0 Å². The molecule has 5 aliphatic carbocycles. The predicted molar refractivity (Wildman–Crippen MR) is 140 cm³/mol. The van der Waals surface area contributed by atoms with Crippen LogP contribution in [0.4, 0.5) is 0 Å². The lowest BCUT2D eigenvalue weighted by Gasteiger charge is -2.71. The van der Waals surface area contributed by atoms with Crippen molar-refractivity contribution in [3.63, 3.8) is 0 Å². The van der Waals surface area contributed by atoms with E-state index in [0.29, 0.717) is 29.2 Å². The van der Waals surface area contributed by atoms with E-state index in [0.717, 1.165) is 51.4 Å². The van der Waals surface area contributed by atoms with E-state index < -0.39 is 5.41 Å². The number of methoxy groups -OCH3 is 1. The van der Waals surface area contributed by atoms with Crippen molar-refractivity contribution in [2.45, 2.75) is 92.9 Å². The second kappa shape index (κ2) is 7.81. The highest BCUT2D eigenvalue weighted by Gasteiger charge is 2.72. The first-order chi connectivity index (χ1) is 16.7. The Labute approximate surface area is 217 Å². The maximum atomic E-state index is 13.4. The number of allylic oxidation sites excluding steroid dienone is 3. The number of nitrogens with zero attached hydrogens (tertiary/aromatic N) is 1. The number of carbonyl (C=O) groups excluding carboxylic acids is 2. The van der Waals surface area contributed by atoms with Crippen LogP contribution >= 0.6 is 0 Å². The minimum atomic E-state index is -0.517. The molecule has 196 valence electrons. The molecule has 0 saturated heterocycles. The van der Waals surface area contributed by atoms with Gasteiger partial charge in [0.15, 0.2) is 5.78 Å². The van der Waals surface area contributed by atoms with Crippen LogP contribution in [0.2, 0.25) is 0 Å². The lowest BCUT2D eigenvalue weighted by molar-refractivity contribution is -0.222. The number of Topliss-reactive ketones (excluding diaryl/α,β-unsaturated/α-hetero) is 1. The van der Waals surface area contributed by atoms with Gasteiger partial charge in [-0.1, -0.05) is 52.8 Å². The summed E-state index contributed by atoms with van der Waals surface area (Å²) in [5.74, 6) is 1.79. The summed E-state index contributed by atoms with van der Waals surface area (Å²) in [5.41, 5.74) is 0.685. The number of rotatable bonds is 2. The van der Waals surface area contributed by atoms with E-state index in [1.807, 2.05) is 0 Å². The van der Waals surface area contributed by atoms with Gasteiger partial charge in [-0.25, -0.2) is 0 Å². The normalized spacial score (nSPS) is 48.9. The first kappa shape index (κ1) is 25.7. The van der Waals surface area contributed by atoms with Crippen molar-refractivity contribution in [1.29, 1.82) is 5.26 Å². The van der Waals surface area contributed by atoms with Crippen LogP contribution in [0.3, 0.4) is 0 Å². The summed E-state index contributed by atoms with van der Waals surface area (Å²) < 4.78 is 5.47. The van der Waals surface area contributed by atoms with Gasteiger partial charge in [-0.05, 0) is 104 Å². The van der Waals surface area contributed by atoms with Gasteiger partial charge in [0, 0.05) is 5.41 Å². The van der Waals surface area contributed by atoms with Gasteiger partial charge in [-0.2, -0.15) is 5.26 Å². The third-order valence-corrected chi connectivity index (χ3v) is 13.1. The minimum absolute atomic E-state index is 0.00427. The zero-order chi connectivity index (χ0) is 26.5. The molecular formula is C32H45NO3. The Morgan fingerprint density at radius 1 is 1.00 bits per heavy atom. The second-order valence-corrected chi connectivity index (χ2v) is 14.4. The van der Waals surface area contributed by atoms with Gasteiger partial charge in [0.1, 0.15) is 6.07 Å². The molecule has 0 N–H and O–H groups in total. The molecule has 4 nitrogen and oxygen atoms in total. The topological polar surface area (TPSA) is 67.2 Å². The van der Waals surface area contributed by atoms with Crippen molar-refractivity contribution >= 4 is 11.8 Å². The van der Waals surface area contributed by atoms with Crippen LogP contribution in [-0.2, 0) is 14.3 Å². The van der Waals surface area contributed by atoms with E-state index in [2.05, 4.69) is 60.3 Å². The fourth-order valence-electron chi connectivity index (χ4n) is 11.3. The Morgan fingerprint density at radius 2 is 1.69 bits per heavy atom. The average molecular weight is 492 g/mol. The van der Waals surface area contributed by atoms with Crippen molar-refractivity contribution in [2.75, 3.05) is 7.11 Å². The summed E-state index contributed by atoms with van der Waals surface area (Å²) in [4.78, 5) is 26.6. The predicted octanol–water partition coefficient (Wildman–Crippen LogP) is 7.06. The van der Waals surface area contributed by atoms with Crippen LogP contribution in [0, 0.1) is 68.0 Å². The fraction of sp³-hybridized carbons (Fsp3) is 0.781. The number of hydrogen-bond acceptors (Lipinski definition) is 4. The van der Waals surface area contributed by atoms with Crippen LogP contribution < -0.4 is 0 Å². The molecule has 4 heteroatoms. The van der Waals surface area contributed by atoms with Crippen molar-refractivity contribution < 1.29 is 14.3 Å². The van der Waals surface area contributed by atoms with E-state index in [1.165, 1.54) is 5.57 Å². The zero-order valence-corrected chi connectivity index (χ0v) is 23.5. The third kappa shape index (κ3) is 2.87. The van der Waals surface area contributed by atoms with Crippen molar-refractivity contribution in [3.05, 3.63) is 23.8 Å². The van der Waals surface area contributed by atoms with Crippen molar-refractivity contribution in [2.24, 2.45) is 56.7 Å². The summed E-state index contributed by atoms with van der Waals surface area (Å²) in [6.45, 7) is 18.1. The second-order valence-electron chi connectivity index (χ2n) is 14.4. The Kier molecular flexibility index (Phi) is 5.59. The summed E-state index contributed by atoms with van der Waals surface area (Å²) in [7, 11) is 1.56. The molecule has 0 radical (unpaired) electrons. The maximum absolute atomic E-state index is 13.4. The lowest BCUT2D eigenvalue weighted by Crippen LogP contribution is -2.66. The Bertz CT molecular complexity index is 1100. The van der Waals surface area contributed by atoms with Crippen LogP contribution in [0.15, 0.2) is 23.8 Å². The van der Waals surface area contributed by atoms with E-state index in [4.69, 9.17) is 4.74 Å². The van der Waals surface area contributed by atoms with Gasteiger partial charge in [0.05, 0.1) is 18.1 Å². The van der Waals surface area contributed by atoms with E-state index in [-0.39, 0.29) is 39.3 Å². The van der Waals surface area contributed by atoms with Crippen LogP contribution in [-0.4, -0.2) is 18.9 Å². The molecular weight excluding hydrogens is 446 g/mol. The molecule has 0 heterocycles. The van der Waals surface area contributed by atoms with Crippen LogP contribution in [0.5, 0.6) is 0 Å². The Morgan fingerprint density at radius 3 is 2.31 bits per heavy atom. The molecule has 4 fully saturated rings. The minimum Gasteiger partial charge on any atom is -0.469 e. The van der Waals surface area contributed by atoms with Gasteiger partial charge in [0.25, 0.3) is 0 Å². The molecule has 4 saturated carbocycles. The quantitative estimate of drug-likeness (QED) is 0.306. The first-order valence-corrected chi connectivity index (χ1v) is 14.2. The molecule has 0 aromatic carbocycles. The highest BCUT2D eigenvalue weighted by molar-refractivity contribution is 6.04. The highest BCUT2D eigenvalue weighted by Crippen LogP contribution is 2.77. The summed E-state index contributed by atoms with van der Waals surface area (Å²) in [5, 5.41) is 9.89. The molecule has 5 aliphatic rings. The SMILES string of the molecule is C=C(C)[C@@H]1CC[C@]2(C(=O)OC)CC[C@]3(C)C(CC[C@@H]4[C@@]5(C)C=C(C#N)C(=O)C(C)(C)[C@@H]5CC[C@]43C)[C@@H]12. The van der Waals surface area contributed by atoms with E-state index in [1.54, 1.807) is 7.11 Å². The van der Waals surface area contributed by atoms with Gasteiger partial charge < -0.3 is 4.74 Å². The molecule has 0 spiro atoms. The molecule has 0 aromatic rings. The molecule has 9 atom stereocenters. The van der Waals surface area contributed by atoms with E-state index in [9.17, 15) is 14.9 Å². The number of ketones is 1. The fourth-order valence-corrected chi connectivity index (χ4v) is 11.3. The van der Waals surface area contributed by atoms with Crippen LogP contribution in [0.1, 0.15) is 92.9 Å². The summed E-state index contributed by atoms with van der Waals surface area (Å²) in [6.07, 6.45) is 10.3. The maximum Gasteiger partial charge on any atom is 0.312 e. The molecule has 0 aromatic heterocycles. The Balaban J connectivity index is 1.62. The molecule has 0 aliphatic heterocycles. The largest absolute Gasteiger partial charge is 0.469 e. The van der Waals surface area contributed by atoms with Gasteiger partial charge in [-0.3, -0.25) is 9.59 Å². The monoisotopic (exact) mass is 491 g/mol. The molecule has 1 unspecified atom stereocenters. The first-order valence-electron chi connectivity index (χ1n) is 14.2. The van der Waals surface area contributed by atoms with Crippen LogP contribution in [0.25, 0.3) is 0 Å². The van der Waals surface area contributed by atoms with Crippen molar-refractivity contribution in [1.82, 2.24) is 0 Å². The number of ether oxygens (including phenoxy) is 1. The lowest BCUT2D eigenvalue weighted by atomic mass is 9.32.